The minimum atomic E-state index is -0.467. The van der Waals surface area contributed by atoms with E-state index >= 15 is 0 Å². The Morgan fingerprint density at radius 2 is 1.67 bits per heavy atom. The monoisotopic (exact) mass is 336 g/mol. The Hall–Kier alpha value is -1.79. The number of nitrogens with two attached hydrogens (primary N) is 1. The third-order valence-corrected chi connectivity index (χ3v) is 5.67. The Morgan fingerprint density at radius 1 is 0.917 bits per heavy atom. The van der Waals surface area contributed by atoms with Crippen LogP contribution in [0.2, 0.25) is 0 Å². The van der Waals surface area contributed by atoms with E-state index in [0.29, 0.717) is 32.2 Å². The van der Waals surface area contributed by atoms with Crippen molar-refractivity contribution in [3.05, 3.63) is 0 Å². The lowest BCUT2D eigenvalue weighted by molar-refractivity contribution is -0.150. The minimum absolute atomic E-state index is 0.00223. The molecule has 3 rings (SSSR count). The number of hydrogen-bond donors (Lipinski definition) is 1. The number of piperazine rings is 1. The molecule has 0 aromatic carbocycles. The summed E-state index contributed by atoms with van der Waals surface area (Å²) in [5.41, 5.74) is 5.33. The standard InChI is InChI=1S/C17H28N4O3/c18-17(24)20-8-4-5-13(11-20)16(23)19-9-10-21(15(22)12-19)14-6-2-1-3-7-14/h13-14H,1-12H2,(H2,18,24). The summed E-state index contributed by atoms with van der Waals surface area (Å²) in [4.78, 5) is 41.8. The van der Waals surface area contributed by atoms with Crippen molar-refractivity contribution in [1.82, 2.24) is 14.7 Å². The zero-order valence-corrected chi connectivity index (χ0v) is 14.3. The first-order valence-electron chi connectivity index (χ1n) is 9.19. The quantitative estimate of drug-likeness (QED) is 0.808. The second-order valence-corrected chi connectivity index (χ2v) is 7.26. The van der Waals surface area contributed by atoms with Crippen LogP contribution in [0.5, 0.6) is 0 Å². The molecule has 1 unspecified atom stereocenters. The normalized spacial score (nSPS) is 26.6. The summed E-state index contributed by atoms with van der Waals surface area (Å²) < 4.78 is 0. The molecule has 2 heterocycles. The molecule has 7 heteroatoms. The predicted octanol–water partition coefficient (Wildman–Crippen LogP) is 0.781. The van der Waals surface area contributed by atoms with Crippen molar-refractivity contribution in [1.29, 1.82) is 0 Å². The molecule has 2 aliphatic heterocycles. The molecule has 3 aliphatic rings. The van der Waals surface area contributed by atoms with Crippen LogP contribution in [-0.2, 0) is 9.59 Å². The first-order valence-corrected chi connectivity index (χ1v) is 9.19. The van der Waals surface area contributed by atoms with Gasteiger partial charge in [-0.05, 0) is 25.7 Å². The van der Waals surface area contributed by atoms with Crippen molar-refractivity contribution >= 4 is 17.8 Å². The zero-order chi connectivity index (χ0) is 17.1. The van der Waals surface area contributed by atoms with Crippen LogP contribution in [0.4, 0.5) is 4.79 Å². The van der Waals surface area contributed by atoms with Gasteiger partial charge in [-0.3, -0.25) is 9.59 Å². The van der Waals surface area contributed by atoms with Crippen LogP contribution in [0, 0.1) is 5.92 Å². The lowest BCUT2D eigenvalue weighted by Gasteiger charge is -2.42. The van der Waals surface area contributed by atoms with Gasteiger partial charge < -0.3 is 20.4 Å². The molecule has 134 valence electrons. The van der Waals surface area contributed by atoms with E-state index in [-0.39, 0.29) is 24.3 Å². The van der Waals surface area contributed by atoms with Gasteiger partial charge in [0.1, 0.15) is 0 Å². The number of carbonyl (C=O) groups is 3. The average molecular weight is 336 g/mol. The number of amides is 4. The largest absolute Gasteiger partial charge is 0.351 e. The lowest BCUT2D eigenvalue weighted by atomic mass is 9.93. The van der Waals surface area contributed by atoms with Gasteiger partial charge in [0.15, 0.2) is 0 Å². The van der Waals surface area contributed by atoms with E-state index in [4.69, 9.17) is 5.73 Å². The molecule has 2 saturated heterocycles. The molecule has 0 spiro atoms. The molecule has 4 amide bonds. The summed E-state index contributed by atoms with van der Waals surface area (Å²) in [5.74, 6) is -0.151. The number of piperidine rings is 1. The van der Waals surface area contributed by atoms with E-state index in [1.807, 2.05) is 4.90 Å². The maximum atomic E-state index is 12.7. The predicted molar refractivity (Wildman–Crippen MR) is 89.0 cm³/mol. The molecule has 0 bridgehead atoms. The van der Waals surface area contributed by atoms with E-state index < -0.39 is 6.03 Å². The zero-order valence-electron chi connectivity index (χ0n) is 14.3. The van der Waals surface area contributed by atoms with Crippen molar-refractivity contribution < 1.29 is 14.4 Å². The Bertz CT molecular complexity index is 504. The number of nitrogens with zero attached hydrogens (tertiary/aromatic N) is 3. The van der Waals surface area contributed by atoms with Gasteiger partial charge in [0, 0.05) is 32.2 Å². The SMILES string of the molecule is NC(=O)N1CCCC(C(=O)N2CCN(C3CCCCC3)C(=O)C2)C1. The van der Waals surface area contributed by atoms with Crippen molar-refractivity contribution in [3.63, 3.8) is 0 Å². The number of rotatable bonds is 2. The van der Waals surface area contributed by atoms with Gasteiger partial charge in [-0.15, -0.1) is 0 Å². The van der Waals surface area contributed by atoms with Gasteiger partial charge in [-0.1, -0.05) is 19.3 Å². The molecule has 1 aliphatic carbocycles. The number of likely N-dealkylation sites (tertiary alicyclic amines) is 1. The number of hydrogen-bond acceptors (Lipinski definition) is 3. The number of primary amides is 1. The van der Waals surface area contributed by atoms with Crippen LogP contribution in [0.25, 0.3) is 0 Å². The molecule has 0 aromatic heterocycles. The van der Waals surface area contributed by atoms with Gasteiger partial charge in [-0.25, -0.2) is 4.79 Å². The smallest absolute Gasteiger partial charge is 0.314 e. The van der Waals surface area contributed by atoms with Gasteiger partial charge in [0.05, 0.1) is 12.5 Å². The number of carbonyl (C=O) groups excluding carboxylic acids is 3. The van der Waals surface area contributed by atoms with Crippen molar-refractivity contribution in [2.45, 2.75) is 51.0 Å². The third-order valence-electron chi connectivity index (χ3n) is 5.67. The summed E-state index contributed by atoms with van der Waals surface area (Å²) >= 11 is 0. The number of urea groups is 1. The Balaban J connectivity index is 1.55. The highest BCUT2D eigenvalue weighted by atomic mass is 16.2. The van der Waals surface area contributed by atoms with Crippen molar-refractivity contribution in [2.75, 3.05) is 32.7 Å². The highest BCUT2D eigenvalue weighted by molar-refractivity contribution is 5.87. The van der Waals surface area contributed by atoms with Crippen LogP contribution in [0.15, 0.2) is 0 Å². The van der Waals surface area contributed by atoms with E-state index in [2.05, 4.69) is 0 Å². The lowest BCUT2D eigenvalue weighted by Crippen LogP contribution is -2.57. The second kappa shape index (κ2) is 7.40. The van der Waals surface area contributed by atoms with Gasteiger partial charge in [0.2, 0.25) is 11.8 Å². The molecule has 0 aromatic rings. The van der Waals surface area contributed by atoms with Crippen LogP contribution in [0.3, 0.4) is 0 Å². The van der Waals surface area contributed by atoms with Gasteiger partial charge in [0.25, 0.3) is 0 Å². The van der Waals surface area contributed by atoms with Crippen molar-refractivity contribution in [3.8, 4) is 0 Å². The third kappa shape index (κ3) is 3.65. The molecule has 1 saturated carbocycles. The average Bonchev–Trinajstić information content (AvgIpc) is 2.62. The molecule has 2 N–H and O–H groups in total. The maximum Gasteiger partial charge on any atom is 0.314 e. The molecule has 0 radical (unpaired) electrons. The van der Waals surface area contributed by atoms with E-state index in [1.165, 1.54) is 24.2 Å². The summed E-state index contributed by atoms with van der Waals surface area (Å²) in [6.45, 7) is 2.43. The van der Waals surface area contributed by atoms with Crippen LogP contribution in [-0.4, -0.2) is 71.3 Å². The molecule has 3 fully saturated rings. The Morgan fingerprint density at radius 3 is 2.33 bits per heavy atom. The minimum Gasteiger partial charge on any atom is -0.351 e. The van der Waals surface area contributed by atoms with Crippen LogP contribution >= 0.6 is 0 Å². The van der Waals surface area contributed by atoms with E-state index in [9.17, 15) is 14.4 Å². The Kier molecular flexibility index (Phi) is 5.26. The van der Waals surface area contributed by atoms with E-state index in [0.717, 1.165) is 25.7 Å². The fraction of sp³-hybridized carbons (Fsp3) is 0.824. The fourth-order valence-electron chi connectivity index (χ4n) is 4.29. The molecular weight excluding hydrogens is 308 g/mol. The molecule has 24 heavy (non-hydrogen) atoms. The molecule has 7 nitrogen and oxygen atoms in total. The highest BCUT2D eigenvalue weighted by Gasteiger charge is 2.36. The molecule has 1 atom stereocenters. The summed E-state index contributed by atoms with van der Waals surface area (Å²) in [7, 11) is 0. The fourth-order valence-corrected chi connectivity index (χ4v) is 4.29. The maximum absolute atomic E-state index is 12.7. The van der Waals surface area contributed by atoms with Crippen LogP contribution < -0.4 is 5.73 Å². The van der Waals surface area contributed by atoms with Crippen LogP contribution in [0.1, 0.15) is 44.9 Å². The summed E-state index contributed by atoms with van der Waals surface area (Å²) in [5, 5.41) is 0. The van der Waals surface area contributed by atoms with E-state index in [1.54, 1.807) is 4.90 Å². The summed E-state index contributed by atoms with van der Waals surface area (Å²) in [6, 6.07) is -0.103. The highest BCUT2D eigenvalue weighted by Crippen LogP contribution is 2.25. The topological polar surface area (TPSA) is 86.9 Å². The first kappa shape index (κ1) is 17.0. The van der Waals surface area contributed by atoms with Gasteiger partial charge >= 0.3 is 6.03 Å². The molecular formula is C17H28N4O3. The van der Waals surface area contributed by atoms with Crippen molar-refractivity contribution in [2.24, 2.45) is 11.7 Å². The second-order valence-electron chi connectivity index (χ2n) is 7.26. The summed E-state index contributed by atoms with van der Waals surface area (Å²) in [6.07, 6.45) is 7.40. The first-order chi connectivity index (χ1) is 11.6. The van der Waals surface area contributed by atoms with Gasteiger partial charge in [-0.2, -0.15) is 0 Å². The Labute approximate surface area is 143 Å².